The summed E-state index contributed by atoms with van der Waals surface area (Å²) in [4.78, 5) is 61.3. The van der Waals surface area contributed by atoms with Crippen LogP contribution >= 0.6 is 0 Å². The molecule has 4 aromatic carbocycles. The van der Waals surface area contributed by atoms with Crippen LogP contribution in [0, 0.1) is 0 Å². The normalized spacial score (nSPS) is 14.5. The molecule has 68 heavy (non-hydrogen) atoms. The SMILES string of the molecule is C.O=C(/C=C/c1ccc[nH+]c1)NCCCCCC(=O)N1c2ccccc2CC1c1ccccc1.O=C(/C=C/c1cccnc1)NCCCCCC(=O)N1c2ccccc2CC1c1ccccc1.[Cl-]. The van der Waals surface area contributed by atoms with Gasteiger partial charge in [-0.25, -0.2) is 4.98 Å². The van der Waals surface area contributed by atoms with Gasteiger partial charge in [0.2, 0.25) is 23.6 Å². The number of H-pyrrole nitrogens is 1. The average Bonchev–Trinajstić information content (AvgIpc) is 3.96. The lowest BCUT2D eigenvalue weighted by atomic mass is 10.0. The average molecular weight is 932 g/mol. The molecule has 0 radical (unpaired) electrons. The number of nitrogens with zero attached hydrogens (tertiary/aromatic N) is 3. The van der Waals surface area contributed by atoms with Crippen molar-refractivity contribution in [1.29, 1.82) is 0 Å². The molecule has 0 aliphatic carbocycles. The van der Waals surface area contributed by atoms with Crippen LogP contribution in [0.15, 0.2) is 170 Å². The van der Waals surface area contributed by atoms with E-state index < -0.39 is 0 Å². The Morgan fingerprint density at radius 2 is 1.03 bits per heavy atom. The number of hydrogen-bond acceptors (Lipinski definition) is 5. The lowest BCUT2D eigenvalue weighted by Gasteiger charge is -2.26. The summed E-state index contributed by atoms with van der Waals surface area (Å²) in [5.41, 5.74) is 8.70. The Labute approximate surface area is 408 Å². The van der Waals surface area contributed by atoms with Crippen LogP contribution in [0.5, 0.6) is 0 Å². The number of carbonyl (C=O) groups excluding carboxylic acids is 4. The topological polar surface area (TPSA) is 126 Å². The number of rotatable bonds is 18. The number of aromatic amines is 1. The predicted octanol–water partition coefficient (Wildman–Crippen LogP) is 7.26. The van der Waals surface area contributed by atoms with E-state index in [1.807, 2.05) is 119 Å². The molecule has 10 nitrogen and oxygen atoms in total. The molecular formula is C57H63ClN6O4. The number of pyridine rings is 2. The first-order chi connectivity index (χ1) is 32.4. The zero-order valence-corrected chi connectivity index (χ0v) is 38.6. The van der Waals surface area contributed by atoms with Crippen LogP contribution in [0.1, 0.15) is 104 Å². The van der Waals surface area contributed by atoms with E-state index in [0.717, 1.165) is 73.9 Å². The summed E-state index contributed by atoms with van der Waals surface area (Å²) in [6.07, 6.45) is 21.5. The molecule has 2 unspecified atom stereocenters. The van der Waals surface area contributed by atoms with Crippen LogP contribution in [0.4, 0.5) is 11.4 Å². The molecule has 2 atom stereocenters. The summed E-state index contributed by atoms with van der Waals surface area (Å²) in [7, 11) is 0. The van der Waals surface area contributed by atoms with Gasteiger partial charge in [-0.3, -0.25) is 24.2 Å². The fourth-order valence-corrected chi connectivity index (χ4v) is 8.54. The maximum absolute atomic E-state index is 13.2. The molecule has 2 aromatic heterocycles. The molecule has 0 saturated heterocycles. The van der Waals surface area contributed by atoms with E-state index in [0.29, 0.717) is 25.9 Å². The van der Waals surface area contributed by atoms with Gasteiger partial charge >= 0.3 is 0 Å². The van der Waals surface area contributed by atoms with Crippen molar-refractivity contribution in [2.75, 3.05) is 22.9 Å². The minimum atomic E-state index is -0.116. The summed E-state index contributed by atoms with van der Waals surface area (Å²) < 4.78 is 0. The maximum atomic E-state index is 13.2. The first-order valence-electron chi connectivity index (χ1n) is 23.1. The van der Waals surface area contributed by atoms with Crippen molar-refractivity contribution in [2.24, 2.45) is 0 Å². The number of hydrogen-bond donors (Lipinski definition) is 2. The molecule has 2 aliphatic rings. The molecule has 0 spiro atoms. The van der Waals surface area contributed by atoms with E-state index >= 15 is 0 Å². The number of unbranched alkanes of at least 4 members (excludes halogenated alkanes) is 4. The highest BCUT2D eigenvalue weighted by Gasteiger charge is 2.35. The van der Waals surface area contributed by atoms with E-state index in [1.165, 1.54) is 28.3 Å². The van der Waals surface area contributed by atoms with Gasteiger partial charge in [-0.2, -0.15) is 0 Å². The summed E-state index contributed by atoms with van der Waals surface area (Å²) in [6, 6.07) is 44.6. The number of para-hydroxylation sites is 2. The van der Waals surface area contributed by atoms with Crippen LogP contribution in [0.25, 0.3) is 12.2 Å². The molecule has 0 saturated carbocycles. The number of amides is 4. The van der Waals surface area contributed by atoms with Crippen molar-refractivity contribution in [3.63, 3.8) is 0 Å². The van der Waals surface area contributed by atoms with Gasteiger partial charge in [-0.05, 0) is 103 Å². The molecule has 3 N–H and O–H groups in total. The molecular weight excluding hydrogens is 868 g/mol. The Morgan fingerprint density at radius 3 is 1.50 bits per heavy atom. The fourth-order valence-electron chi connectivity index (χ4n) is 8.54. The number of anilines is 2. The van der Waals surface area contributed by atoms with Crippen LogP contribution in [0.2, 0.25) is 0 Å². The van der Waals surface area contributed by atoms with Crippen molar-refractivity contribution in [2.45, 2.75) is 83.7 Å². The molecule has 4 heterocycles. The van der Waals surface area contributed by atoms with Crippen molar-refractivity contribution < 1.29 is 36.6 Å². The molecule has 0 fully saturated rings. The van der Waals surface area contributed by atoms with E-state index in [1.54, 1.807) is 30.6 Å². The Morgan fingerprint density at radius 1 is 0.559 bits per heavy atom. The van der Waals surface area contributed by atoms with E-state index in [9.17, 15) is 19.2 Å². The van der Waals surface area contributed by atoms with Gasteiger partial charge in [0.25, 0.3) is 0 Å². The van der Waals surface area contributed by atoms with Crippen LogP contribution in [-0.4, -0.2) is 41.7 Å². The molecule has 8 rings (SSSR count). The number of fused-ring (bicyclic) bond motifs is 2. The molecule has 6 aromatic rings. The van der Waals surface area contributed by atoms with Gasteiger partial charge in [0.15, 0.2) is 12.4 Å². The third-order valence-corrected chi connectivity index (χ3v) is 11.9. The quantitative estimate of drug-likeness (QED) is 0.0694. The third-order valence-electron chi connectivity index (χ3n) is 11.9. The standard InChI is InChI=1S/2C28H29N3O2.CH4.ClH/c2*32-27(17-16-22-10-9-18-29-21-22)30-19-8-2-5-15-28(33)31-25-14-7-6-13-24(25)20-26(31)23-11-3-1-4-12-23;;/h2*1,3-4,6-7,9-14,16-18,21,26H,2,5,8,15,19-20H2,(H,30,32);1H4;1H/b2*17-16+;;. The number of aromatic nitrogens is 2. The molecule has 0 bridgehead atoms. The highest BCUT2D eigenvalue weighted by Crippen LogP contribution is 2.42. The van der Waals surface area contributed by atoms with Crippen LogP contribution in [0.3, 0.4) is 0 Å². The minimum Gasteiger partial charge on any atom is -1.00 e. The second kappa shape index (κ2) is 27.5. The summed E-state index contributed by atoms with van der Waals surface area (Å²) in [5, 5.41) is 5.80. The van der Waals surface area contributed by atoms with Gasteiger partial charge in [-0.1, -0.05) is 123 Å². The van der Waals surface area contributed by atoms with Crippen molar-refractivity contribution >= 4 is 47.2 Å². The predicted molar refractivity (Wildman–Crippen MR) is 269 cm³/mol. The van der Waals surface area contributed by atoms with E-state index in [-0.39, 0.29) is 55.5 Å². The van der Waals surface area contributed by atoms with Gasteiger partial charge in [-0.15, -0.1) is 0 Å². The van der Waals surface area contributed by atoms with E-state index in [4.69, 9.17) is 0 Å². The Balaban J connectivity index is 0.000000247. The molecule has 352 valence electrons. The van der Waals surface area contributed by atoms with E-state index in [2.05, 4.69) is 57.0 Å². The Bertz CT molecular complexity index is 2380. The summed E-state index contributed by atoms with van der Waals surface area (Å²) >= 11 is 0. The van der Waals surface area contributed by atoms with Crippen molar-refractivity contribution in [3.8, 4) is 0 Å². The zero-order valence-electron chi connectivity index (χ0n) is 37.8. The lowest BCUT2D eigenvalue weighted by Crippen LogP contribution is -3.00. The fraction of sp³-hybridized carbons (Fsp3) is 0.263. The number of carbonyl (C=O) groups is 4. The summed E-state index contributed by atoms with van der Waals surface area (Å²) in [5.74, 6) is 0.112. The highest BCUT2D eigenvalue weighted by atomic mass is 35.5. The van der Waals surface area contributed by atoms with Gasteiger partial charge in [0, 0.05) is 73.5 Å². The third kappa shape index (κ3) is 14.9. The monoisotopic (exact) mass is 930 g/mol. The molecule has 11 heteroatoms. The van der Waals surface area contributed by atoms with Crippen molar-refractivity contribution in [1.82, 2.24) is 15.6 Å². The maximum Gasteiger partial charge on any atom is 0.244 e. The summed E-state index contributed by atoms with van der Waals surface area (Å²) in [6.45, 7) is 1.21. The van der Waals surface area contributed by atoms with Gasteiger partial charge in [0.1, 0.15) is 0 Å². The zero-order chi connectivity index (χ0) is 45.8. The molecule has 4 amide bonds. The first kappa shape index (κ1) is 51.8. The van der Waals surface area contributed by atoms with Crippen LogP contribution < -0.4 is 37.8 Å². The molecule has 2 aliphatic heterocycles. The smallest absolute Gasteiger partial charge is 0.244 e. The second-order valence-corrected chi connectivity index (χ2v) is 16.5. The highest BCUT2D eigenvalue weighted by molar-refractivity contribution is 5.97. The van der Waals surface area contributed by atoms with Crippen molar-refractivity contribution in [3.05, 3.63) is 204 Å². The van der Waals surface area contributed by atoms with Gasteiger partial charge in [0.05, 0.1) is 12.1 Å². The minimum absolute atomic E-state index is 0. The van der Waals surface area contributed by atoms with Crippen LogP contribution in [-0.2, 0) is 32.0 Å². The first-order valence-corrected chi connectivity index (χ1v) is 23.1. The Kier molecular flexibility index (Phi) is 20.9. The number of benzene rings is 4. The number of halogens is 1. The second-order valence-electron chi connectivity index (χ2n) is 16.5. The lowest BCUT2D eigenvalue weighted by molar-refractivity contribution is -0.378. The largest absolute Gasteiger partial charge is 1.00 e. The Hall–Kier alpha value is -7.17. The van der Waals surface area contributed by atoms with Gasteiger partial charge < -0.3 is 32.8 Å². The number of nitrogens with one attached hydrogen (secondary N) is 3.